The van der Waals surface area contributed by atoms with Gasteiger partial charge in [-0.15, -0.1) is 11.6 Å². The molecule has 2 fully saturated rings. The van der Waals surface area contributed by atoms with E-state index in [9.17, 15) is 24.9 Å². The Kier molecular flexibility index (Phi) is 22.2. The third-order valence-corrected chi connectivity index (χ3v) is 13.1. The van der Waals surface area contributed by atoms with Gasteiger partial charge in [-0.1, -0.05) is 140 Å². The van der Waals surface area contributed by atoms with Crippen molar-refractivity contribution in [2.24, 2.45) is 17.3 Å². The summed E-state index contributed by atoms with van der Waals surface area (Å²) in [6, 6.07) is 5.39. The van der Waals surface area contributed by atoms with Crippen molar-refractivity contribution in [1.29, 1.82) is 0 Å². The number of halogens is 1. The Morgan fingerprint density at radius 3 is 2.11 bits per heavy atom. The first kappa shape index (κ1) is 46.2. The van der Waals surface area contributed by atoms with Crippen molar-refractivity contribution < 1.29 is 29.6 Å². The number of unbranched alkanes of at least 4 members (excludes halogenated alkanes) is 14. The van der Waals surface area contributed by atoms with E-state index < -0.39 is 18.2 Å². The van der Waals surface area contributed by atoms with E-state index in [4.69, 9.17) is 16.3 Å². The van der Waals surface area contributed by atoms with Crippen molar-refractivity contribution in [1.82, 2.24) is 0 Å². The second-order valence-corrected chi connectivity index (χ2v) is 17.1. The Labute approximate surface area is 333 Å². The van der Waals surface area contributed by atoms with Crippen LogP contribution in [0.4, 0.5) is 0 Å². The smallest absolute Gasteiger partial charge is 0.336 e. The van der Waals surface area contributed by atoms with E-state index in [2.05, 4.69) is 32.1 Å². The van der Waals surface area contributed by atoms with Crippen LogP contribution in [0.1, 0.15) is 202 Å². The summed E-state index contributed by atoms with van der Waals surface area (Å²) in [6.45, 7) is 6.21. The van der Waals surface area contributed by atoms with Gasteiger partial charge in [0.25, 0.3) is 0 Å². The fourth-order valence-electron chi connectivity index (χ4n) is 8.89. The molecule has 0 spiro atoms. The molecule has 0 amide bonds. The third-order valence-electron chi connectivity index (χ3n) is 12.6. The highest BCUT2D eigenvalue weighted by molar-refractivity contribution is 6.21. The predicted molar refractivity (Wildman–Crippen MR) is 223 cm³/mol. The molecular weight excluding hydrogens is 696 g/mol. The lowest BCUT2D eigenvalue weighted by molar-refractivity contribution is -0.148. The van der Waals surface area contributed by atoms with Gasteiger partial charge in [-0.05, 0) is 94.1 Å². The van der Waals surface area contributed by atoms with Gasteiger partial charge < -0.3 is 20.1 Å². The van der Waals surface area contributed by atoms with Crippen LogP contribution in [0.3, 0.4) is 0 Å². The van der Waals surface area contributed by atoms with Crippen LogP contribution >= 0.6 is 11.6 Å². The molecule has 0 radical (unpaired) electrons. The maximum atomic E-state index is 12.9. The molecule has 6 atom stereocenters. The highest BCUT2D eigenvalue weighted by Gasteiger charge is 2.42. The van der Waals surface area contributed by atoms with E-state index in [0.29, 0.717) is 31.2 Å². The molecule has 0 aliphatic heterocycles. The number of carbonyl (C=O) groups excluding carboxylic acids is 1. The molecule has 2 aliphatic carbocycles. The van der Waals surface area contributed by atoms with Crippen LogP contribution in [0.5, 0.6) is 0 Å². The van der Waals surface area contributed by atoms with Crippen LogP contribution in [0.25, 0.3) is 0 Å². The van der Waals surface area contributed by atoms with Gasteiger partial charge in [0.15, 0.2) is 0 Å². The zero-order chi connectivity index (χ0) is 39.2. The Morgan fingerprint density at radius 2 is 1.54 bits per heavy atom. The SMILES string of the molecule is CCCCCCCCCCCCCCCCc1cccc(C(=O)O)c1C(C)OC(=O)CCC/C=C\C[C@@H]1[C@@H](/C=C/C[C@H](O)C2(CC)CCC2)[C@H](O)C[C@H]1Cl. The van der Waals surface area contributed by atoms with E-state index in [1.54, 1.807) is 19.1 Å². The fourth-order valence-corrected chi connectivity index (χ4v) is 9.34. The number of carboxylic acid groups (broad SMARTS) is 1. The van der Waals surface area contributed by atoms with E-state index in [-0.39, 0.29) is 46.7 Å². The highest BCUT2D eigenvalue weighted by Crippen LogP contribution is 2.48. The molecule has 2 saturated carbocycles. The minimum atomic E-state index is -0.997. The summed E-state index contributed by atoms with van der Waals surface area (Å²) in [5.74, 6) is -1.23. The maximum Gasteiger partial charge on any atom is 0.336 e. The van der Waals surface area contributed by atoms with Crippen LogP contribution in [-0.4, -0.2) is 44.8 Å². The lowest BCUT2D eigenvalue weighted by atomic mass is 9.63. The minimum Gasteiger partial charge on any atom is -0.478 e. The fraction of sp³-hybridized carbons (Fsp3) is 0.745. The number of hydrogen-bond donors (Lipinski definition) is 3. The quantitative estimate of drug-likeness (QED) is 0.0324. The molecule has 54 heavy (non-hydrogen) atoms. The number of aliphatic hydroxyl groups excluding tert-OH is 2. The Hall–Kier alpha value is -2.15. The summed E-state index contributed by atoms with van der Waals surface area (Å²) >= 11 is 6.67. The second-order valence-electron chi connectivity index (χ2n) is 16.6. The van der Waals surface area contributed by atoms with Crippen LogP contribution < -0.4 is 0 Å². The molecule has 0 bridgehead atoms. The average Bonchev–Trinajstić information content (AvgIpc) is 3.40. The van der Waals surface area contributed by atoms with E-state index in [1.807, 2.05) is 12.1 Å². The number of aryl methyl sites for hydroxylation is 1. The first-order valence-corrected chi connectivity index (χ1v) is 22.4. The molecule has 0 saturated heterocycles. The number of alkyl halides is 1. The number of ether oxygens (including phenoxy) is 1. The molecule has 0 aromatic heterocycles. The zero-order valence-corrected chi connectivity index (χ0v) is 34.9. The third kappa shape index (κ3) is 15.4. The minimum absolute atomic E-state index is 0.0345. The number of carbonyl (C=O) groups is 2. The summed E-state index contributed by atoms with van der Waals surface area (Å²) in [5, 5.41) is 31.3. The molecule has 2 aliphatic rings. The van der Waals surface area contributed by atoms with Crippen LogP contribution in [-0.2, 0) is 16.0 Å². The first-order chi connectivity index (χ1) is 26.1. The van der Waals surface area contributed by atoms with Crippen molar-refractivity contribution in [2.75, 3.05) is 0 Å². The largest absolute Gasteiger partial charge is 0.478 e. The lowest BCUT2D eigenvalue weighted by Gasteiger charge is -2.45. The number of benzene rings is 1. The standard InChI is InChI=1S/C47H75ClO6/c1-4-6-7-8-9-10-11-12-13-14-15-16-17-20-26-37-27-23-30-40(46(52)53)45(37)36(3)54-44(51)32-22-19-18-21-28-38-39(42(49)35-41(38)48)29-24-31-43(50)47(5-2)33-25-34-47/h18,21,23-24,27,29-30,36,38-39,41-43,49-50H,4-17,19-20,22,25-26,28,31-35H2,1-3H3,(H,52,53)/b21-18-,29-24+/t36?,38-,39-,41-,42-,43+/m1/s1. The van der Waals surface area contributed by atoms with E-state index in [0.717, 1.165) is 50.5 Å². The van der Waals surface area contributed by atoms with Crippen LogP contribution in [0, 0.1) is 17.3 Å². The van der Waals surface area contributed by atoms with Crippen molar-refractivity contribution in [2.45, 2.75) is 205 Å². The number of esters is 1. The molecule has 1 aromatic rings. The monoisotopic (exact) mass is 771 g/mol. The van der Waals surface area contributed by atoms with Crippen LogP contribution in [0.15, 0.2) is 42.5 Å². The molecule has 7 heteroatoms. The first-order valence-electron chi connectivity index (χ1n) is 22.0. The van der Waals surface area contributed by atoms with Gasteiger partial charge in [-0.25, -0.2) is 4.79 Å². The van der Waals surface area contributed by atoms with Crippen molar-refractivity contribution in [3.63, 3.8) is 0 Å². The number of hydrogen-bond acceptors (Lipinski definition) is 5. The van der Waals surface area contributed by atoms with Crippen molar-refractivity contribution >= 4 is 23.5 Å². The van der Waals surface area contributed by atoms with E-state index >= 15 is 0 Å². The molecular formula is C47H75ClO6. The van der Waals surface area contributed by atoms with E-state index in [1.165, 1.54) is 83.5 Å². The molecule has 1 unspecified atom stereocenters. The summed E-state index contributed by atoms with van der Waals surface area (Å²) in [7, 11) is 0. The predicted octanol–water partition coefficient (Wildman–Crippen LogP) is 12.6. The Morgan fingerprint density at radius 1 is 0.907 bits per heavy atom. The highest BCUT2D eigenvalue weighted by atomic mass is 35.5. The summed E-state index contributed by atoms with van der Waals surface area (Å²) in [5.41, 5.74) is 1.85. The number of aliphatic hydroxyl groups is 2. The van der Waals surface area contributed by atoms with Gasteiger partial charge >= 0.3 is 11.9 Å². The summed E-state index contributed by atoms with van der Waals surface area (Å²) in [4.78, 5) is 25.0. The summed E-state index contributed by atoms with van der Waals surface area (Å²) < 4.78 is 5.82. The maximum absolute atomic E-state index is 12.9. The van der Waals surface area contributed by atoms with Crippen molar-refractivity contribution in [3.8, 4) is 0 Å². The Balaban J connectivity index is 1.36. The average molecular weight is 772 g/mol. The molecule has 306 valence electrons. The topological polar surface area (TPSA) is 104 Å². The van der Waals surface area contributed by atoms with Gasteiger partial charge in [-0.2, -0.15) is 0 Å². The summed E-state index contributed by atoms with van der Waals surface area (Å²) in [6.07, 6.45) is 33.6. The second kappa shape index (κ2) is 25.9. The van der Waals surface area contributed by atoms with Gasteiger partial charge in [0, 0.05) is 23.3 Å². The molecule has 6 nitrogen and oxygen atoms in total. The zero-order valence-electron chi connectivity index (χ0n) is 34.1. The van der Waals surface area contributed by atoms with Gasteiger partial charge in [0.1, 0.15) is 6.10 Å². The molecule has 1 aromatic carbocycles. The van der Waals surface area contributed by atoms with Gasteiger partial charge in [-0.3, -0.25) is 4.79 Å². The normalized spacial score (nSPS) is 22.1. The van der Waals surface area contributed by atoms with Gasteiger partial charge in [0.05, 0.1) is 17.8 Å². The van der Waals surface area contributed by atoms with Crippen LogP contribution in [0.2, 0.25) is 0 Å². The lowest BCUT2D eigenvalue weighted by Crippen LogP contribution is -2.40. The van der Waals surface area contributed by atoms with Gasteiger partial charge in [0.2, 0.25) is 0 Å². The number of carboxylic acids is 1. The Bertz CT molecular complexity index is 1270. The number of aromatic carboxylic acids is 1. The molecule has 3 N–H and O–H groups in total. The molecule has 3 rings (SSSR count). The number of allylic oxidation sites excluding steroid dienone is 2. The molecule has 0 heterocycles. The number of rotatable bonds is 29. The van der Waals surface area contributed by atoms with Crippen molar-refractivity contribution in [3.05, 3.63) is 59.2 Å².